The molecule has 0 atom stereocenters. The number of nitrogens with one attached hydrogen (secondary N) is 1. The number of ether oxygens (including phenoxy) is 1. The molecule has 3 N–H and O–H groups in total. The van der Waals surface area contributed by atoms with Gasteiger partial charge in [-0.25, -0.2) is 14.5 Å². The number of nitrogen functional groups attached to an aromatic ring is 1. The van der Waals surface area contributed by atoms with Gasteiger partial charge in [0.05, 0.1) is 6.20 Å². The Bertz CT molecular complexity index is 1160. The number of rotatable bonds is 3. The van der Waals surface area contributed by atoms with Crippen molar-refractivity contribution in [2.75, 3.05) is 18.1 Å². The third-order valence-corrected chi connectivity index (χ3v) is 3.67. The summed E-state index contributed by atoms with van der Waals surface area (Å²) in [6.07, 6.45) is -2.18. The van der Waals surface area contributed by atoms with Gasteiger partial charge in [0.25, 0.3) is 0 Å². The van der Waals surface area contributed by atoms with E-state index in [2.05, 4.69) is 35.3 Å². The number of hydrogen-bond donors (Lipinski definition) is 2. The second-order valence-electron chi connectivity index (χ2n) is 5.45. The molecule has 4 aromatic heterocycles. The molecule has 0 bridgehead atoms. The van der Waals surface area contributed by atoms with Crippen molar-refractivity contribution in [2.45, 2.75) is 6.36 Å². The lowest BCUT2D eigenvalue weighted by Crippen LogP contribution is -2.17. The molecule has 4 rings (SSSR count). The van der Waals surface area contributed by atoms with Gasteiger partial charge in [-0.15, -0.1) is 28.5 Å². The Morgan fingerprint density at radius 1 is 1.22 bits per heavy atom. The first-order valence-corrected chi connectivity index (χ1v) is 7.56. The van der Waals surface area contributed by atoms with Crippen LogP contribution < -0.4 is 15.8 Å². The molecule has 12 heteroatoms. The quantitative estimate of drug-likeness (QED) is 0.559. The van der Waals surface area contributed by atoms with Crippen LogP contribution in [0.2, 0.25) is 0 Å². The molecule has 0 aliphatic heterocycles. The topological polar surface area (TPSA) is 116 Å². The third-order valence-electron chi connectivity index (χ3n) is 3.67. The van der Waals surface area contributed by atoms with Crippen LogP contribution in [0.4, 0.5) is 24.8 Å². The molecule has 0 saturated carbocycles. The molecule has 4 heterocycles. The highest BCUT2D eigenvalue weighted by atomic mass is 19.4. The van der Waals surface area contributed by atoms with Gasteiger partial charge in [-0.2, -0.15) is 0 Å². The van der Waals surface area contributed by atoms with Crippen molar-refractivity contribution in [1.82, 2.24) is 29.8 Å². The van der Waals surface area contributed by atoms with Gasteiger partial charge in [0, 0.05) is 24.2 Å². The molecule has 0 aliphatic rings. The van der Waals surface area contributed by atoms with E-state index in [9.17, 15) is 13.2 Å². The van der Waals surface area contributed by atoms with Crippen molar-refractivity contribution in [3.63, 3.8) is 0 Å². The van der Waals surface area contributed by atoms with Gasteiger partial charge in [0.1, 0.15) is 17.1 Å². The summed E-state index contributed by atoms with van der Waals surface area (Å²) in [7, 11) is 1.69. The summed E-state index contributed by atoms with van der Waals surface area (Å²) < 4.78 is 42.3. The molecule has 0 saturated heterocycles. The zero-order valence-corrected chi connectivity index (χ0v) is 13.7. The first-order chi connectivity index (χ1) is 12.8. The van der Waals surface area contributed by atoms with Crippen LogP contribution in [-0.4, -0.2) is 43.2 Å². The first-order valence-electron chi connectivity index (χ1n) is 7.56. The van der Waals surface area contributed by atoms with Crippen molar-refractivity contribution < 1.29 is 17.9 Å². The minimum atomic E-state index is -4.80. The number of nitrogens with two attached hydrogens (primary N) is 1. The Kier molecular flexibility index (Phi) is 3.68. The number of aromatic nitrogens is 6. The summed E-state index contributed by atoms with van der Waals surface area (Å²) in [5.74, 6) is 0.522. The molecular formula is C15H11F3N8O. The van der Waals surface area contributed by atoms with Crippen molar-refractivity contribution in [3.8, 4) is 17.1 Å². The van der Waals surface area contributed by atoms with E-state index in [1.807, 2.05) is 0 Å². The maximum absolute atomic E-state index is 12.4. The summed E-state index contributed by atoms with van der Waals surface area (Å²) in [5, 5.41) is 15.6. The van der Waals surface area contributed by atoms with Gasteiger partial charge in [0.2, 0.25) is 0 Å². The molecule has 4 aromatic rings. The molecule has 0 amide bonds. The van der Waals surface area contributed by atoms with Crippen LogP contribution in [0.15, 0.2) is 30.6 Å². The van der Waals surface area contributed by atoms with Crippen LogP contribution in [-0.2, 0) is 0 Å². The van der Waals surface area contributed by atoms with Gasteiger partial charge in [-0.05, 0) is 18.2 Å². The summed E-state index contributed by atoms with van der Waals surface area (Å²) in [5.41, 5.74) is 7.04. The average molecular weight is 376 g/mol. The lowest BCUT2D eigenvalue weighted by atomic mass is 10.1. The summed E-state index contributed by atoms with van der Waals surface area (Å²) in [6.45, 7) is 0. The molecular weight excluding hydrogens is 365 g/mol. The van der Waals surface area contributed by atoms with Gasteiger partial charge < -0.3 is 15.8 Å². The van der Waals surface area contributed by atoms with E-state index < -0.39 is 12.1 Å². The average Bonchev–Trinajstić information content (AvgIpc) is 3.02. The molecule has 0 spiro atoms. The van der Waals surface area contributed by atoms with E-state index in [4.69, 9.17) is 5.73 Å². The molecule has 27 heavy (non-hydrogen) atoms. The maximum atomic E-state index is 12.4. The minimum absolute atomic E-state index is 0.196. The van der Waals surface area contributed by atoms with E-state index in [1.54, 1.807) is 13.1 Å². The number of fused-ring (bicyclic) bond motifs is 2. The Morgan fingerprint density at radius 3 is 2.78 bits per heavy atom. The number of hydrogen-bond acceptors (Lipinski definition) is 8. The number of nitrogens with zero attached hydrogens (tertiary/aromatic N) is 6. The molecule has 0 unspecified atom stereocenters. The van der Waals surface area contributed by atoms with Crippen LogP contribution in [0.3, 0.4) is 0 Å². The smallest absolute Gasteiger partial charge is 0.404 e. The lowest BCUT2D eigenvalue weighted by Gasteiger charge is -2.08. The Hall–Kier alpha value is -3.70. The van der Waals surface area contributed by atoms with Crippen LogP contribution in [0, 0.1) is 0 Å². The van der Waals surface area contributed by atoms with E-state index in [-0.39, 0.29) is 11.6 Å². The highest BCUT2D eigenvalue weighted by Crippen LogP contribution is 2.30. The number of pyridine rings is 2. The van der Waals surface area contributed by atoms with Gasteiger partial charge in [-0.1, -0.05) is 0 Å². The second-order valence-corrected chi connectivity index (χ2v) is 5.45. The Balaban J connectivity index is 1.86. The van der Waals surface area contributed by atoms with Crippen molar-refractivity contribution in [2.24, 2.45) is 0 Å². The third kappa shape index (κ3) is 3.12. The van der Waals surface area contributed by atoms with Crippen LogP contribution in [0.25, 0.3) is 27.9 Å². The predicted octanol–water partition coefficient (Wildman–Crippen LogP) is 2.26. The highest BCUT2D eigenvalue weighted by molar-refractivity contribution is 5.98. The molecule has 138 valence electrons. The predicted molar refractivity (Wildman–Crippen MR) is 90.0 cm³/mol. The van der Waals surface area contributed by atoms with Crippen LogP contribution >= 0.6 is 0 Å². The standard InChI is InChI=1S/C15H11F3N8O/c1-20-14-12-8(4-10(19)23-24-12)9(5-21-14)13-22-11-3-2-7(6-26(11)25-13)27-15(16,17)18/h2-6H,1H3,(H2,19,23)(H,20,21). The van der Waals surface area contributed by atoms with Crippen LogP contribution in [0.1, 0.15) is 0 Å². The molecule has 0 radical (unpaired) electrons. The molecule has 0 fully saturated rings. The highest BCUT2D eigenvalue weighted by Gasteiger charge is 2.31. The van der Waals surface area contributed by atoms with E-state index in [1.165, 1.54) is 16.8 Å². The molecule has 0 aromatic carbocycles. The van der Waals surface area contributed by atoms with Gasteiger partial charge in [0.15, 0.2) is 17.3 Å². The van der Waals surface area contributed by atoms with Crippen molar-refractivity contribution in [1.29, 1.82) is 0 Å². The van der Waals surface area contributed by atoms with Gasteiger partial charge >= 0.3 is 6.36 Å². The van der Waals surface area contributed by atoms with Crippen molar-refractivity contribution >= 4 is 28.2 Å². The minimum Gasteiger partial charge on any atom is -0.404 e. The molecule has 0 aliphatic carbocycles. The summed E-state index contributed by atoms with van der Waals surface area (Å²) >= 11 is 0. The zero-order chi connectivity index (χ0) is 19.2. The fraction of sp³-hybridized carbons (Fsp3) is 0.133. The number of halogens is 3. The fourth-order valence-corrected chi connectivity index (χ4v) is 2.58. The van der Waals surface area contributed by atoms with E-state index in [0.717, 1.165) is 12.3 Å². The Morgan fingerprint density at radius 2 is 2.04 bits per heavy atom. The molecule has 9 nitrogen and oxygen atoms in total. The second kappa shape index (κ2) is 5.93. The fourth-order valence-electron chi connectivity index (χ4n) is 2.58. The first kappa shape index (κ1) is 16.8. The van der Waals surface area contributed by atoms with E-state index in [0.29, 0.717) is 27.9 Å². The zero-order valence-electron chi connectivity index (χ0n) is 13.7. The SMILES string of the molecule is CNc1ncc(-c2nc3ccc(OC(F)(F)F)cn3n2)c2cc(N)nnc12. The normalized spacial score (nSPS) is 11.9. The summed E-state index contributed by atoms with van der Waals surface area (Å²) in [4.78, 5) is 8.57. The monoisotopic (exact) mass is 376 g/mol. The maximum Gasteiger partial charge on any atom is 0.573 e. The van der Waals surface area contributed by atoms with Crippen molar-refractivity contribution in [3.05, 3.63) is 30.6 Å². The lowest BCUT2D eigenvalue weighted by molar-refractivity contribution is -0.274. The Labute approximate surface area is 149 Å². The largest absolute Gasteiger partial charge is 0.573 e. The van der Waals surface area contributed by atoms with Gasteiger partial charge in [-0.3, -0.25) is 0 Å². The van der Waals surface area contributed by atoms with E-state index >= 15 is 0 Å². The summed E-state index contributed by atoms with van der Waals surface area (Å²) in [6, 6.07) is 4.12. The van der Waals surface area contributed by atoms with Crippen LogP contribution in [0.5, 0.6) is 5.75 Å². The number of anilines is 2. The number of alkyl halides is 3.